The van der Waals surface area contributed by atoms with Crippen LogP contribution < -0.4 is 10.6 Å². The van der Waals surface area contributed by atoms with Crippen molar-refractivity contribution in [3.8, 4) is 0 Å². The number of rotatable bonds is 6. The van der Waals surface area contributed by atoms with Crippen LogP contribution in [-0.2, 0) is 4.79 Å². The van der Waals surface area contributed by atoms with Gasteiger partial charge in [-0.2, -0.15) is 0 Å². The molecule has 1 aliphatic rings. The van der Waals surface area contributed by atoms with E-state index >= 15 is 0 Å². The lowest BCUT2D eigenvalue weighted by atomic mass is 10.1. The lowest BCUT2D eigenvalue weighted by molar-refractivity contribution is -0.118. The van der Waals surface area contributed by atoms with Crippen LogP contribution in [0.3, 0.4) is 0 Å². The maximum atomic E-state index is 12.1. The number of amides is 1. The quantitative estimate of drug-likeness (QED) is 0.841. The summed E-state index contributed by atoms with van der Waals surface area (Å²) < 4.78 is 0. The van der Waals surface area contributed by atoms with Gasteiger partial charge in [0.1, 0.15) is 0 Å². The van der Waals surface area contributed by atoms with Gasteiger partial charge in [0.25, 0.3) is 0 Å². The fraction of sp³-hybridized carbons (Fsp3) is 0.714. The van der Waals surface area contributed by atoms with Crippen LogP contribution in [-0.4, -0.2) is 48.0 Å². The van der Waals surface area contributed by atoms with Gasteiger partial charge >= 0.3 is 0 Å². The zero-order chi connectivity index (χ0) is 14.4. The highest BCUT2D eigenvalue weighted by Crippen LogP contribution is 2.15. The maximum Gasteiger partial charge on any atom is 0.240 e. The maximum absolute atomic E-state index is 12.1. The Morgan fingerprint density at radius 3 is 3.10 bits per heavy atom. The Kier molecular flexibility index (Phi) is 5.94. The number of aromatic nitrogens is 1. The fourth-order valence-corrected chi connectivity index (χ4v) is 3.28. The lowest BCUT2D eigenvalue weighted by Gasteiger charge is -2.33. The molecule has 1 aliphatic heterocycles. The Balaban J connectivity index is 1.87. The Morgan fingerprint density at radius 1 is 1.65 bits per heavy atom. The largest absolute Gasteiger partial charge is 0.315 e. The average molecular weight is 296 g/mol. The van der Waals surface area contributed by atoms with E-state index in [1.54, 1.807) is 0 Å². The van der Waals surface area contributed by atoms with Crippen molar-refractivity contribution in [1.29, 1.82) is 0 Å². The molecular weight excluding hydrogens is 272 g/mol. The molecule has 5 nitrogen and oxygen atoms in total. The summed E-state index contributed by atoms with van der Waals surface area (Å²) in [6.07, 6.45) is 3.44. The average Bonchev–Trinajstić information content (AvgIpc) is 2.84. The molecular formula is C14H24N4OS. The van der Waals surface area contributed by atoms with Gasteiger partial charge in [-0.15, -0.1) is 11.3 Å². The minimum absolute atomic E-state index is 0.0402. The standard InChI is InChI=1S/C14H24N4OS/c1-3-7-18(12-5-4-6-15-8-12)9-13(19)17-14-16-11(2)10-20-14/h10,12,15H,3-9H2,1-2H3,(H,16,17,19). The molecule has 1 fully saturated rings. The van der Waals surface area contributed by atoms with Crippen LogP contribution in [0.4, 0.5) is 5.13 Å². The molecule has 0 aromatic carbocycles. The number of piperidine rings is 1. The van der Waals surface area contributed by atoms with Crippen LogP contribution in [0, 0.1) is 6.92 Å². The summed E-state index contributed by atoms with van der Waals surface area (Å²) in [5, 5.41) is 8.96. The summed E-state index contributed by atoms with van der Waals surface area (Å²) >= 11 is 1.48. The van der Waals surface area contributed by atoms with Crippen molar-refractivity contribution in [3.05, 3.63) is 11.1 Å². The molecule has 1 aromatic rings. The van der Waals surface area contributed by atoms with E-state index in [0.717, 1.165) is 31.7 Å². The summed E-state index contributed by atoms with van der Waals surface area (Å²) in [7, 11) is 0. The van der Waals surface area contributed by atoms with Crippen molar-refractivity contribution in [1.82, 2.24) is 15.2 Å². The second-order valence-corrected chi connectivity index (χ2v) is 6.17. The van der Waals surface area contributed by atoms with Gasteiger partial charge < -0.3 is 10.6 Å². The predicted octanol–water partition coefficient (Wildman–Crippen LogP) is 1.85. The van der Waals surface area contributed by atoms with Gasteiger partial charge in [-0.05, 0) is 39.3 Å². The number of aryl methyl sites for hydroxylation is 1. The van der Waals surface area contributed by atoms with Crippen LogP contribution in [0.5, 0.6) is 0 Å². The molecule has 112 valence electrons. The monoisotopic (exact) mass is 296 g/mol. The molecule has 1 unspecified atom stereocenters. The van der Waals surface area contributed by atoms with Crippen molar-refractivity contribution in [3.63, 3.8) is 0 Å². The number of hydrogen-bond donors (Lipinski definition) is 2. The predicted molar refractivity (Wildman–Crippen MR) is 83.2 cm³/mol. The van der Waals surface area contributed by atoms with Gasteiger partial charge in [0.15, 0.2) is 5.13 Å². The van der Waals surface area contributed by atoms with E-state index in [4.69, 9.17) is 0 Å². The summed E-state index contributed by atoms with van der Waals surface area (Å²) in [5.74, 6) is 0.0402. The molecule has 2 N–H and O–H groups in total. The van der Waals surface area contributed by atoms with Crippen LogP contribution in [0.1, 0.15) is 31.9 Å². The molecule has 20 heavy (non-hydrogen) atoms. The van der Waals surface area contributed by atoms with Crippen molar-refractivity contribution in [2.24, 2.45) is 0 Å². The summed E-state index contributed by atoms with van der Waals surface area (Å²) in [5.41, 5.74) is 0.951. The number of carbonyl (C=O) groups is 1. The number of nitrogens with zero attached hydrogens (tertiary/aromatic N) is 2. The first-order chi connectivity index (χ1) is 9.69. The first-order valence-corrected chi connectivity index (χ1v) is 8.23. The Labute approximate surface area is 124 Å². The van der Waals surface area contributed by atoms with E-state index in [-0.39, 0.29) is 5.91 Å². The zero-order valence-corrected chi connectivity index (χ0v) is 13.1. The highest BCUT2D eigenvalue weighted by Gasteiger charge is 2.22. The third-order valence-corrected chi connectivity index (χ3v) is 4.39. The molecule has 0 spiro atoms. The van der Waals surface area contributed by atoms with Crippen LogP contribution >= 0.6 is 11.3 Å². The smallest absolute Gasteiger partial charge is 0.240 e. The second kappa shape index (κ2) is 7.71. The molecule has 1 aromatic heterocycles. The van der Waals surface area contributed by atoms with E-state index in [1.807, 2.05) is 12.3 Å². The number of nitrogens with one attached hydrogen (secondary N) is 2. The lowest BCUT2D eigenvalue weighted by Crippen LogP contribution is -2.48. The van der Waals surface area contributed by atoms with E-state index in [0.29, 0.717) is 17.7 Å². The van der Waals surface area contributed by atoms with E-state index < -0.39 is 0 Å². The van der Waals surface area contributed by atoms with Gasteiger partial charge in [0.2, 0.25) is 5.91 Å². The first kappa shape index (κ1) is 15.4. The highest BCUT2D eigenvalue weighted by molar-refractivity contribution is 7.13. The number of carbonyl (C=O) groups excluding carboxylic acids is 1. The molecule has 6 heteroatoms. The van der Waals surface area contributed by atoms with Crippen molar-refractivity contribution in [2.75, 3.05) is 31.5 Å². The van der Waals surface area contributed by atoms with E-state index in [1.165, 1.54) is 24.2 Å². The van der Waals surface area contributed by atoms with Crippen LogP contribution in [0.25, 0.3) is 0 Å². The van der Waals surface area contributed by atoms with Crippen molar-refractivity contribution in [2.45, 2.75) is 39.2 Å². The fourth-order valence-electron chi connectivity index (χ4n) is 2.58. The van der Waals surface area contributed by atoms with E-state index in [9.17, 15) is 4.79 Å². The molecule has 1 atom stereocenters. The van der Waals surface area contributed by atoms with Gasteiger partial charge in [-0.1, -0.05) is 6.92 Å². The molecule has 1 amide bonds. The topological polar surface area (TPSA) is 57.3 Å². The Hall–Kier alpha value is -0.980. The summed E-state index contributed by atoms with van der Waals surface area (Å²) in [4.78, 5) is 18.7. The normalized spacial score (nSPS) is 19.2. The highest BCUT2D eigenvalue weighted by atomic mass is 32.1. The molecule has 0 bridgehead atoms. The summed E-state index contributed by atoms with van der Waals surface area (Å²) in [6.45, 7) is 7.61. The number of anilines is 1. The van der Waals surface area contributed by atoms with Crippen LogP contribution in [0.2, 0.25) is 0 Å². The first-order valence-electron chi connectivity index (χ1n) is 7.35. The van der Waals surface area contributed by atoms with Crippen molar-refractivity contribution >= 4 is 22.4 Å². The second-order valence-electron chi connectivity index (χ2n) is 5.31. The molecule has 0 radical (unpaired) electrons. The molecule has 1 saturated heterocycles. The number of hydrogen-bond acceptors (Lipinski definition) is 5. The summed E-state index contributed by atoms with van der Waals surface area (Å²) in [6, 6.07) is 0.479. The molecule has 0 aliphatic carbocycles. The Morgan fingerprint density at radius 2 is 2.50 bits per heavy atom. The van der Waals surface area contributed by atoms with Crippen molar-refractivity contribution < 1.29 is 4.79 Å². The van der Waals surface area contributed by atoms with Gasteiger partial charge in [-0.25, -0.2) is 4.98 Å². The zero-order valence-electron chi connectivity index (χ0n) is 12.3. The van der Waals surface area contributed by atoms with Gasteiger partial charge in [0.05, 0.1) is 12.2 Å². The van der Waals surface area contributed by atoms with Gasteiger partial charge in [0, 0.05) is 18.0 Å². The van der Waals surface area contributed by atoms with Gasteiger partial charge in [-0.3, -0.25) is 9.69 Å². The third-order valence-electron chi connectivity index (χ3n) is 3.51. The SMILES string of the molecule is CCCN(CC(=O)Nc1nc(C)cs1)C1CCCNC1. The van der Waals surface area contributed by atoms with Crippen LogP contribution in [0.15, 0.2) is 5.38 Å². The Bertz CT molecular complexity index is 429. The molecule has 0 saturated carbocycles. The molecule has 2 heterocycles. The minimum Gasteiger partial charge on any atom is -0.315 e. The number of thiazole rings is 1. The minimum atomic E-state index is 0.0402. The van der Waals surface area contributed by atoms with E-state index in [2.05, 4.69) is 27.4 Å². The third kappa shape index (κ3) is 4.54. The molecule has 2 rings (SSSR count).